The molecule has 0 fully saturated rings. The van der Waals surface area contributed by atoms with E-state index >= 15 is 0 Å². The molecule has 25 heavy (non-hydrogen) atoms. The van der Waals surface area contributed by atoms with Crippen molar-refractivity contribution in [2.45, 2.75) is 31.3 Å². The number of primary sulfonamides is 1. The molecule has 0 aliphatic carbocycles. The van der Waals surface area contributed by atoms with E-state index < -0.39 is 10.0 Å². The van der Waals surface area contributed by atoms with Crippen LogP contribution >= 0.6 is 0 Å². The van der Waals surface area contributed by atoms with Gasteiger partial charge in [0, 0.05) is 12.2 Å². The Hall–Kier alpha value is -2.22. The van der Waals surface area contributed by atoms with Gasteiger partial charge >= 0.3 is 0 Å². The standard InChI is InChI=1S/C18H23N3O3S/c1-13-6-4-5-7-15(13)12-21(3)14(2)18(22)20-16-8-10-17(11-9-16)25(19,23)24/h4-11,14H,12H2,1-3H3,(H,20,22)(H2,19,23,24)/t14-/m0/s1. The van der Waals surface area contributed by atoms with Crippen molar-refractivity contribution in [1.82, 2.24) is 4.90 Å². The van der Waals surface area contributed by atoms with Crippen LogP contribution in [0.15, 0.2) is 53.4 Å². The Morgan fingerprint density at radius 2 is 1.76 bits per heavy atom. The van der Waals surface area contributed by atoms with Gasteiger partial charge < -0.3 is 5.32 Å². The summed E-state index contributed by atoms with van der Waals surface area (Å²) in [6.45, 7) is 4.53. The average molecular weight is 361 g/mol. The fourth-order valence-corrected chi connectivity index (χ4v) is 2.88. The van der Waals surface area contributed by atoms with E-state index in [4.69, 9.17) is 5.14 Å². The van der Waals surface area contributed by atoms with E-state index in [2.05, 4.69) is 5.32 Å². The lowest BCUT2D eigenvalue weighted by molar-refractivity contribution is -0.120. The van der Waals surface area contributed by atoms with Crippen molar-refractivity contribution in [2.75, 3.05) is 12.4 Å². The zero-order valence-corrected chi connectivity index (χ0v) is 15.4. The Morgan fingerprint density at radius 3 is 2.32 bits per heavy atom. The number of likely N-dealkylation sites (N-methyl/N-ethyl adjacent to an activating group) is 1. The molecule has 1 amide bonds. The normalized spacial score (nSPS) is 12.8. The van der Waals surface area contributed by atoms with Gasteiger partial charge in [-0.2, -0.15) is 0 Å². The molecule has 0 aliphatic heterocycles. The highest BCUT2D eigenvalue weighted by molar-refractivity contribution is 7.89. The predicted molar refractivity (Wildman–Crippen MR) is 98.6 cm³/mol. The zero-order chi connectivity index (χ0) is 18.6. The highest BCUT2D eigenvalue weighted by Gasteiger charge is 2.19. The lowest BCUT2D eigenvalue weighted by Gasteiger charge is -2.24. The molecule has 0 aliphatic rings. The second-order valence-electron chi connectivity index (χ2n) is 6.08. The van der Waals surface area contributed by atoms with Crippen LogP contribution in [0.5, 0.6) is 0 Å². The van der Waals surface area contributed by atoms with Crippen molar-refractivity contribution in [3.8, 4) is 0 Å². The monoisotopic (exact) mass is 361 g/mol. The molecule has 2 aromatic carbocycles. The fourth-order valence-electron chi connectivity index (χ4n) is 2.37. The molecule has 0 saturated heterocycles. The third-order valence-corrected chi connectivity index (χ3v) is 5.10. The van der Waals surface area contributed by atoms with Gasteiger partial charge in [0.15, 0.2) is 0 Å². The first-order valence-corrected chi connectivity index (χ1v) is 9.41. The molecule has 0 aromatic heterocycles. The summed E-state index contributed by atoms with van der Waals surface area (Å²) in [4.78, 5) is 14.4. The lowest BCUT2D eigenvalue weighted by atomic mass is 10.1. The van der Waals surface area contributed by atoms with Crippen molar-refractivity contribution in [1.29, 1.82) is 0 Å². The maximum atomic E-state index is 12.4. The summed E-state index contributed by atoms with van der Waals surface area (Å²) in [6, 6.07) is 13.5. The first-order valence-electron chi connectivity index (χ1n) is 7.87. The van der Waals surface area contributed by atoms with Gasteiger partial charge in [-0.05, 0) is 56.3 Å². The smallest absolute Gasteiger partial charge is 0.241 e. The number of nitrogens with zero attached hydrogens (tertiary/aromatic N) is 1. The number of aryl methyl sites for hydroxylation is 1. The Morgan fingerprint density at radius 1 is 1.16 bits per heavy atom. The lowest BCUT2D eigenvalue weighted by Crippen LogP contribution is -2.39. The van der Waals surface area contributed by atoms with Crippen LogP contribution in [-0.4, -0.2) is 32.3 Å². The van der Waals surface area contributed by atoms with Gasteiger partial charge in [0.05, 0.1) is 10.9 Å². The molecule has 1 atom stereocenters. The van der Waals surface area contributed by atoms with Crippen LogP contribution in [-0.2, 0) is 21.4 Å². The number of benzene rings is 2. The van der Waals surface area contributed by atoms with Gasteiger partial charge in [0.25, 0.3) is 0 Å². The SMILES string of the molecule is Cc1ccccc1CN(C)[C@@H](C)C(=O)Nc1ccc(S(N)(=O)=O)cc1. The summed E-state index contributed by atoms with van der Waals surface area (Å²) in [5.74, 6) is -0.167. The van der Waals surface area contributed by atoms with Crippen LogP contribution in [0.2, 0.25) is 0 Å². The minimum absolute atomic E-state index is 0.00946. The Kier molecular flexibility index (Phi) is 5.94. The second kappa shape index (κ2) is 7.77. The number of amides is 1. The second-order valence-corrected chi connectivity index (χ2v) is 7.64. The number of nitrogens with two attached hydrogens (primary N) is 1. The van der Waals surface area contributed by atoms with Crippen molar-refractivity contribution in [3.05, 3.63) is 59.7 Å². The van der Waals surface area contributed by atoms with Gasteiger partial charge in [-0.1, -0.05) is 24.3 Å². The zero-order valence-electron chi connectivity index (χ0n) is 14.6. The van der Waals surface area contributed by atoms with Crippen molar-refractivity contribution in [2.24, 2.45) is 5.14 Å². The molecule has 2 rings (SSSR count). The maximum Gasteiger partial charge on any atom is 0.241 e. The number of nitrogens with one attached hydrogen (secondary N) is 1. The molecule has 134 valence electrons. The average Bonchev–Trinajstić information content (AvgIpc) is 2.55. The van der Waals surface area contributed by atoms with Crippen LogP contribution in [0.25, 0.3) is 0 Å². The maximum absolute atomic E-state index is 12.4. The number of carbonyl (C=O) groups excluding carboxylic acids is 1. The number of carbonyl (C=O) groups is 1. The molecule has 0 bridgehead atoms. The van der Waals surface area contributed by atoms with Gasteiger partial charge in [-0.15, -0.1) is 0 Å². The Balaban J connectivity index is 2.01. The third kappa shape index (κ3) is 5.12. The van der Waals surface area contributed by atoms with E-state index in [1.54, 1.807) is 0 Å². The van der Waals surface area contributed by atoms with Crippen molar-refractivity contribution >= 4 is 21.6 Å². The number of rotatable bonds is 6. The molecule has 2 aromatic rings. The van der Waals surface area contributed by atoms with E-state index in [0.717, 1.165) is 0 Å². The summed E-state index contributed by atoms with van der Waals surface area (Å²) in [5.41, 5.74) is 2.87. The molecular formula is C18H23N3O3S. The third-order valence-electron chi connectivity index (χ3n) is 4.17. The minimum atomic E-state index is -3.74. The van der Waals surface area contributed by atoms with E-state index in [9.17, 15) is 13.2 Å². The van der Waals surface area contributed by atoms with E-state index in [1.807, 2.05) is 50.1 Å². The van der Waals surface area contributed by atoms with Crippen LogP contribution in [0, 0.1) is 6.92 Å². The molecule has 3 N–H and O–H groups in total. The Labute approximate surface area is 148 Å². The molecule has 0 unspecified atom stereocenters. The molecule has 0 saturated carbocycles. The summed E-state index contributed by atoms with van der Waals surface area (Å²) >= 11 is 0. The van der Waals surface area contributed by atoms with E-state index in [0.29, 0.717) is 12.2 Å². The first kappa shape index (κ1) is 19.1. The predicted octanol–water partition coefficient (Wildman–Crippen LogP) is 2.10. The van der Waals surface area contributed by atoms with Crippen LogP contribution in [0.1, 0.15) is 18.1 Å². The van der Waals surface area contributed by atoms with Gasteiger partial charge in [0.2, 0.25) is 15.9 Å². The van der Waals surface area contributed by atoms with Crippen molar-refractivity contribution in [3.63, 3.8) is 0 Å². The summed E-state index contributed by atoms with van der Waals surface area (Å²) in [6.07, 6.45) is 0. The minimum Gasteiger partial charge on any atom is -0.325 e. The largest absolute Gasteiger partial charge is 0.325 e. The Bertz CT molecular complexity index is 848. The fraction of sp³-hybridized carbons (Fsp3) is 0.278. The quantitative estimate of drug-likeness (QED) is 0.824. The molecule has 0 heterocycles. The molecular weight excluding hydrogens is 338 g/mol. The molecule has 0 spiro atoms. The number of anilines is 1. The van der Waals surface area contributed by atoms with Crippen LogP contribution in [0.3, 0.4) is 0 Å². The first-order chi connectivity index (χ1) is 11.7. The summed E-state index contributed by atoms with van der Waals surface area (Å²) in [7, 11) is -1.85. The molecule has 7 heteroatoms. The number of hydrogen-bond donors (Lipinski definition) is 2. The van der Waals surface area contributed by atoms with E-state index in [1.165, 1.54) is 35.4 Å². The topological polar surface area (TPSA) is 92.5 Å². The summed E-state index contributed by atoms with van der Waals surface area (Å²) < 4.78 is 22.5. The summed E-state index contributed by atoms with van der Waals surface area (Å²) in [5, 5.41) is 7.85. The number of hydrogen-bond acceptors (Lipinski definition) is 4. The highest BCUT2D eigenvalue weighted by atomic mass is 32.2. The van der Waals surface area contributed by atoms with Crippen molar-refractivity contribution < 1.29 is 13.2 Å². The van der Waals surface area contributed by atoms with Gasteiger partial charge in [0.1, 0.15) is 0 Å². The molecule has 6 nitrogen and oxygen atoms in total. The molecule has 0 radical (unpaired) electrons. The van der Waals surface area contributed by atoms with Gasteiger partial charge in [-0.3, -0.25) is 9.69 Å². The van der Waals surface area contributed by atoms with Crippen LogP contribution < -0.4 is 10.5 Å². The van der Waals surface area contributed by atoms with Gasteiger partial charge in [-0.25, -0.2) is 13.6 Å². The van der Waals surface area contributed by atoms with E-state index in [-0.39, 0.29) is 16.8 Å². The number of sulfonamides is 1. The van der Waals surface area contributed by atoms with Crippen LogP contribution in [0.4, 0.5) is 5.69 Å². The highest BCUT2D eigenvalue weighted by Crippen LogP contribution is 2.15.